The van der Waals surface area contributed by atoms with Crippen LogP contribution in [0.5, 0.6) is 5.75 Å². The lowest BCUT2D eigenvalue weighted by Crippen LogP contribution is -2.23. The van der Waals surface area contributed by atoms with Gasteiger partial charge in [0, 0.05) is 37.0 Å². The van der Waals surface area contributed by atoms with E-state index >= 15 is 0 Å². The molecule has 0 fully saturated rings. The Kier molecular flexibility index (Phi) is 5.91. The van der Waals surface area contributed by atoms with Gasteiger partial charge in [-0.2, -0.15) is 4.98 Å². The van der Waals surface area contributed by atoms with E-state index in [1.807, 2.05) is 13.0 Å². The molecule has 0 saturated carbocycles. The summed E-state index contributed by atoms with van der Waals surface area (Å²) in [5.74, 6) is 1.92. The van der Waals surface area contributed by atoms with Gasteiger partial charge >= 0.3 is 0 Å². The number of methoxy groups -OCH3 is 1. The first-order valence-electron chi connectivity index (χ1n) is 7.39. The molecule has 1 aromatic carbocycles. The van der Waals surface area contributed by atoms with Crippen molar-refractivity contribution in [2.24, 2.45) is 0 Å². The van der Waals surface area contributed by atoms with E-state index in [4.69, 9.17) is 27.9 Å². The van der Waals surface area contributed by atoms with Crippen LogP contribution < -0.4 is 15.0 Å². The van der Waals surface area contributed by atoms with Crippen LogP contribution in [0.3, 0.4) is 0 Å². The number of hydrogen-bond acceptors (Lipinski definition) is 5. The zero-order chi connectivity index (χ0) is 17.0. The Labute approximate surface area is 146 Å². The van der Waals surface area contributed by atoms with E-state index in [1.165, 1.54) is 0 Å². The van der Waals surface area contributed by atoms with E-state index in [-0.39, 0.29) is 0 Å². The number of anilines is 3. The van der Waals surface area contributed by atoms with Crippen molar-refractivity contribution in [3.8, 4) is 5.75 Å². The largest absolute Gasteiger partial charge is 0.497 e. The first-order chi connectivity index (χ1) is 11.0. The molecule has 5 nitrogen and oxygen atoms in total. The molecule has 1 N–H and O–H groups in total. The standard InChI is InChI=1S/C16H20Cl2N4O/c1-5-22(6-2)14-7-10(3)19-16(20-14)21-15-12(17)8-11(23-4)9-13(15)18/h7-9H,5-6H2,1-4H3,(H,19,20,21). The van der Waals surface area contributed by atoms with Crippen molar-refractivity contribution in [2.45, 2.75) is 20.8 Å². The van der Waals surface area contributed by atoms with Gasteiger partial charge in [-0.15, -0.1) is 0 Å². The zero-order valence-electron chi connectivity index (χ0n) is 13.7. The average Bonchev–Trinajstić information content (AvgIpc) is 2.51. The first kappa shape index (κ1) is 17.6. The molecule has 23 heavy (non-hydrogen) atoms. The van der Waals surface area contributed by atoms with E-state index in [1.54, 1.807) is 19.2 Å². The molecule has 2 rings (SSSR count). The highest BCUT2D eigenvalue weighted by atomic mass is 35.5. The van der Waals surface area contributed by atoms with Gasteiger partial charge in [0.1, 0.15) is 11.6 Å². The topological polar surface area (TPSA) is 50.3 Å². The number of nitrogens with zero attached hydrogens (tertiary/aromatic N) is 3. The summed E-state index contributed by atoms with van der Waals surface area (Å²) in [7, 11) is 1.56. The van der Waals surface area contributed by atoms with Crippen molar-refractivity contribution in [1.82, 2.24) is 9.97 Å². The van der Waals surface area contributed by atoms with Crippen LogP contribution in [-0.2, 0) is 0 Å². The van der Waals surface area contributed by atoms with Crippen LogP contribution in [0.4, 0.5) is 17.5 Å². The summed E-state index contributed by atoms with van der Waals surface area (Å²) < 4.78 is 5.15. The second kappa shape index (κ2) is 7.70. The molecule has 0 aliphatic heterocycles. The molecule has 0 aliphatic carbocycles. The predicted molar refractivity (Wildman–Crippen MR) is 96.6 cm³/mol. The number of hydrogen-bond donors (Lipinski definition) is 1. The van der Waals surface area contributed by atoms with E-state index in [0.717, 1.165) is 24.6 Å². The smallest absolute Gasteiger partial charge is 0.229 e. The van der Waals surface area contributed by atoms with Crippen LogP contribution in [0.1, 0.15) is 19.5 Å². The highest BCUT2D eigenvalue weighted by molar-refractivity contribution is 6.39. The number of aromatic nitrogens is 2. The van der Waals surface area contributed by atoms with Crippen molar-refractivity contribution < 1.29 is 4.74 Å². The van der Waals surface area contributed by atoms with E-state index in [2.05, 4.69) is 34.0 Å². The number of ether oxygens (including phenoxy) is 1. The van der Waals surface area contributed by atoms with Crippen molar-refractivity contribution in [1.29, 1.82) is 0 Å². The van der Waals surface area contributed by atoms with Crippen molar-refractivity contribution >= 4 is 40.7 Å². The number of nitrogens with one attached hydrogen (secondary N) is 1. The van der Waals surface area contributed by atoms with E-state index in [9.17, 15) is 0 Å². The third kappa shape index (κ3) is 4.18. The molecule has 2 aromatic rings. The van der Waals surface area contributed by atoms with Gasteiger partial charge in [-0.05, 0) is 20.8 Å². The fourth-order valence-corrected chi connectivity index (χ4v) is 2.78. The van der Waals surface area contributed by atoms with Gasteiger partial charge in [-0.25, -0.2) is 4.98 Å². The molecule has 0 atom stereocenters. The lowest BCUT2D eigenvalue weighted by molar-refractivity contribution is 0.415. The molecule has 0 amide bonds. The lowest BCUT2D eigenvalue weighted by Gasteiger charge is -2.21. The highest BCUT2D eigenvalue weighted by Crippen LogP contribution is 2.36. The quantitative estimate of drug-likeness (QED) is 0.815. The Morgan fingerprint density at radius 1 is 1.09 bits per heavy atom. The minimum atomic E-state index is 0.448. The second-order valence-electron chi connectivity index (χ2n) is 4.95. The number of benzene rings is 1. The van der Waals surface area contributed by atoms with Gasteiger partial charge < -0.3 is 15.0 Å². The maximum Gasteiger partial charge on any atom is 0.229 e. The minimum Gasteiger partial charge on any atom is -0.497 e. The minimum absolute atomic E-state index is 0.448. The van der Waals surface area contributed by atoms with Crippen molar-refractivity contribution in [3.63, 3.8) is 0 Å². The molecule has 7 heteroatoms. The number of rotatable bonds is 6. The second-order valence-corrected chi connectivity index (χ2v) is 5.77. The summed E-state index contributed by atoms with van der Waals surface area (Å²) in [6.07, 6.45) is 0. The van der Waals surface area contributed by atoms with Gasteiger partial charge in [-0.1, -0.05) is 23.2 Å². The van der Waals surface area contributed by atoms with Crippen molar-refractivity contribution in [3.05, 3.63) is 33.9 Å². The molecule has 1 aromatic heterocycles. The Bertz CT molecular complexity index is 667. The van der Waals surface area contributed by atoms with Crippen LogP contribution in [0, 0.1) is 6.92 Å². The first-order valence-corrected chi connectivity index (χ1v) is 8.14. The van der Waals surface area contributed by atoms with Crippen LogP contribution in [0.15, 0.2) is 18.2 Å². The molecule has 0 aliphatic rings. The number of halogens is 2. The average molecular weight is 355 g/mol. The van der Waals surface area contributed by atoms with E-state index in [0.29, 0.717) is 27.4 Å². The van der Waals surface area contributed by atoms with E-state index < -0.39 is 0 Å². The highest BCUT2D eigenvalue weighted by Gasteiger charge is 2.13. The van der Waals surface area contributed by atoms with Crippen LogP contribution in [0.2, 0.25) is 10.0 Å². The van der Waals surface area contributed by atoms with Crippen LogP contribution >= 0.6 is 23.2 Å². The molecule has 0 radical (unpaired) electrons. The summed E-state index contributed by atoms with van der Waals surface area (Å²) in [6.45, 7) is 7.85. The van der Waals surface area contributed by atoms with Crippen molar-refractivity contribution in [2.75, 3.05) is 30.4 Å². The third-order valence-corrected chi connectivity index (χ3v) is 4.01. The molecule has 0 unspecified atom stereocenters. The fraction of sp³-hybridized carbons (Fsp3) is 0.375. The van der Waals surface area contributed by atoms with Gasteiger partial charge in [0.25, 0.3) is 0 Å². The van der Waals surface area contributed by atoms with Gasteiger partial charge in [0.05, 0.1) is 22.8 Å². The molecular weight excluding hydrogens is 335 g/mol. The Hall–Kier alpha value is -1.72. The molecule has 0 bridgehead atoms. The lowest BCUT2D eigenvalue weighted by atomic mass is 10.3. The maximum absolute atomic E-state index is 6.27. The predicted octanol–water partition coefficient (Wildman–Crippen LogP) is 4.69. The van der Waals surface area contributed by atoms with Crippen LogP contribution in [-0.4, -0.2) is 30.2 Å². The summed E-state index contributed by atoms with van der Waals surface area (Å²) >= 11 is 12.5. The number of aryl methyl sites for hydroxylation is 1. The van der Waals surface area contributed by atoms with Gasteiger partial charge in [0.15, 0.2) is 0 Å². The summed E-state index contributed by atoms with van der Waals surface area (Å²) in [6, 6.07) is 5.34. The summed E-state index contributed by atoms with van der Waals surface area (Å²) in [5.41, 5.74) is 1.43. The Balaban J connectivity index is 2.37. The molecule has 1 heterocycles. The SMILES string of the molecule is CCN(CC)c1cc(C)nc(Nc2c(Cl)cc(OC)cc2Cl)n1. The molecular formula is C16H20Cl2N4O. The normalized spacial score (nSPS) is 10.5. The third-order valence-electron chi connectivity index (χ3n) is 3.42. The molecule has 0 spiro atoms. The van der Waals surface area contributed by atoms with Crippen LogP contribution in [0.25, 0.3) is 0 Å². The summed E-state index contributed by atoms with van der Waals surface area (Å²) in [4.78, 5) is 11.1. The maximum atomic E-state index is 6.27. The Morgan fingerprint density at radius 3 is 2.22 bits per heavy atom. The molecule has 124 valence electrons. The summed E-state index contributed by atoms with van der Waals surface area (Å²) in [5, 5.41) is 4.00. The zero-order valence-corrected chi connectivity index (χ0v) is 15.2. The van der Waals surface area contributed by atoms with Gasteiger partial charge in [0.2, 0.25) is 5.95 Å². The Morgan fingerprint density at radius 2 is 1.70 bits per heavy atom. The monoisotopic (exact) mass is 354 g/mol. The van der Waals surface area contributed by atoms with Gasteiger partial charge in [-0.3, -0.25) is 0 Å². The molecule has 0 saturated heterocycles. The fourth-order valence-electron chi connectivity index (χ4n) is 2.22.